The molecule has 6 nitrogen and oxygen atoms in total. The van der Waals surface area contributed by atoms with Gasteiger partial charge in [0.2, 0.25) is 5.82 Å². The topological polar surface area (TPSA) is 72.2 Å². The van der Waals surface area contributed by atoms with E-state index in [4.69, 9.17) is 0 Å². The molecule has 102 valence electrons. The fourth-order valence-corrected chi connectivity index (χ4v) is 1.82. The lowest BCUT2D eigenvalue weighted by atomic mass is 10.1. The number of aromatic nitrogens is 4. The number of amides is 1. The zero-order valence-corrected chi connectivity index (χ0v) is 11.8. The van der Waals surface area contributed by atoms with Gasteiger partial charge in [-0.3, -0.25) is 4.79 Å². The van der Waals surface area contributed by atoms with E-state index in [1.807, 2.05) is 19.9 Å². The molecule has 0 unspecified atom stereocenters. The first kappa shape index (κ1) is 13.5. The van der Waals surface area contributed by atoms with Crippen molar-refractivity contribution < 1.29 is 4.79 Å². The minimum Gasteiger partial charge on any atom is -0.349 e. The van der Waals surface area contributed by atoms with Gasteiger partial charge < -0.3 is 5.32 Å². The lowest BCUT2D eigenvalue weighted by Gasteiger charge is -2.04. The van der Waals surface area contributed by atoms with Gasteiger partial charge >= 0.3 is 0 Å². The number of carbonyl (C=O) groups excluding carboxylic acids is 1. The van der Waals surface area contributed by atoms with Crippen molar-refractivity contribution in [2.45, 2.75) is 34.1 Å². The molecule has 0 aliphatic rings. The Kier molecular flexibility index (Phi) is 3.78. The van der Waals surface area contributed by atoms with Crippen molar-refractivity contribution in [2.75, 3.05) is 6.54 Å². The predicted molar refractivity (Wildman–Crippen MR) is 72.0 cm³/mol. The van der Waals surface area contributed by atoms with Crippen LogP contribution in [0, 0.1) is 19.8 Å². The maximum absolute atomic E-state index is 11.9. The summed E-state index contributed by atoms with van der Waals surface area (Å²) >= 11 is 0. The van der Waals surface area contributed by atoms with E-state index in [-0.39, 0.29) is 11.7 Å². The third kappa shape index (κ3) is 3.07. The van der Waals surface area contributed by atoms with E-state index in [9.17, 15) is 4.79 Å². The zero-order valence-electron chi connectivity index (χ0n) is 11.8. The van der Waals surface area contributed by atoms with E-state index in [1.54, 1.807) is 4.52 Å². The highest BCUT2D eigenvalue weighted by molar-refractivity contribution is 5.90. The molecule has 0 aromatic carbocycles. The smallest absolute Gasteiger partial charge is 0.291 e. The Morgan fingerprint density at radius 3 is 2.79 bits per heavy atom. The normalized spacial score (nSPS) is 11.2. The van der Waals surface area contributed by atoms with Gasteiger partial charge in [0.1, 0.15) is 0 Å². The van der Waals surface area contributed by atoms with Crippen LogP contribution in [0.1, 0.15) is 42.3 Å². The molecular weight excluding hydrogens is 242 g/mol. The Bertz CT molecular complexity index is 602. The van der Waals surface area contributed by atoms with Gasteiger partial charge in [-0.05, 0) is 32.3 Å². The van der Waals surface area contributed by atoms with Crippen LogP contribution in [0.25, 0.3) is 5.78 Å². The summed E-state index contributed by atoms with van der Waals surface area (Å²) in [7, 11) is 0. The molecule has 2 aromatic heterocycles. The van der Waals surface area contributed by atoms with Crippen LogP contribution in [0.5, 0.6) is 0 Å². The molecule has 2 rings (SSSR count). The second kappa shape index (κ2) is 5.34. The van der Waals surface area contributed by atoms with Gasteiger partial charge in [-0.15, -0.1) is 5.10 Å². The van der Waals surface area contributed by atoms with Crippen molar-refractivity contribution in [2.24, 2.45) is 5.92 Å². The van der Waals surface area contributed by atoms with Crippen LogP contribution in [-0.2, 0) is 0 Å². The summed E-state index contributed by atoms with van der Waals surface area (Å²) in [6.45, 7) is 8.68. The average molecular weight is 261 g/mol. The Balaban J connectivity index is 2.17. The van der Waals surface area contributed by atoms with Crippen molar-refractivity contribution in [3.63, 3.8) is 0 Å². The van der Waals surface area contributed by atoms with Crippen LogP contribution >= 0.6 is 0 Å². The van der Waals surface area contributed by atoms with Crippen LogP contribution in [0.2, 0.25) is 0 Å². The Labute approximate surface area is 112 Å². The number of rotatable bonds is 4. The van der Waals surface area contributed by atoms with E-state index in [2.05, 4.69) is 34.2 Å². The fraction of sp³-hybridized carbons (Fsp3) is 0.538. The first-order chi connectivity index (χ1) is 8.97. The molecule has 0 atom stereocenters. The standard InChI is InChI=1S/C13H19N5O/c1-8(2)5-6-14-12(19)11-16-13-15-9(3)7-10(4)18(13)17-11/h7-8H,5-6H2,1-4H3,(H,14,19). The summed E-state index contributed by atoms with van der Waals surface area (Å²) in [5.41, 5.74) is 1.78. The lowest BCUT2D eigenvalue weighted by molar-refractivity contribution is 0.0942. The van der Waals surface area contributed by atoms with Gasteiger partial charge in [-0.25, -0.2) is 9.50 Å². The van der Waals surface area contributed by atoms with Gasteiger partial charge in [0.25, 0.3) is 11.7 Å². The molecule has 0 saturated carbocycles. The van der Waals surface area contributed by atoms with Crippen molar-refractivity contribution in [1.82, 2.24) is 24.9 Å². The third-order valence-electron chi connectivity index (χ3n) is 2.83. The highest BCUT2D eigenvalue weighted by Crippen LogP contribution is 2.05. The van der Waals surface area contributed by atoms with Gasteiger partial charge in [-0.1, -0.05) is 13.8 Å². The largest absolute Gasteiger partial charge is 0.349 e. The van der Waals surface area contributed by atoms with Crippen LogP contribution in [0.15, 0.2) is 6.07 Å². The second-order valence-electron chi connectivity index (χ2n) is 5.12. The number of carbonyl (C=O) groups is 1. The summed E-state index contributed by atoms with van der Waals surface area (Å²) in [4.78, 5) is 20.3. The van der Waals surface area contributed by atoms with E-state index in [0.29, 0.717) is 18.2 Å². The van der Waals surface area contributed by atoms with Crippen molar-refractivity contribution >= 4 is 11.7 Å². The molecule has 2 aromatic rings. The Hall–Kier alpha value is -1.98. The molecule has 1 amide bonds. The van der Waals surface area contributed by atoms with Crippen LogP contribution in [0.3, 0.4) is 0 Å². The molecule has 0 fully saturated rings. The summed E-state index contributed by atoms with van der Waals surface area (Å²) in [5, 5.41) is 7.00. The van der Waals surface area contributed by atoms with E-state index < -0.39 is 0 Å². The molecule has 19 heavy (non-hydrogen) atoms. The second-order valence-corrected chi connectivity index (χ2v) is 5.12. The van der Waals surface area contributed by atoms with Crippen molar-refractivity contribution in [3.8, 4) is 0 Å². The molecule has 0 aliphatic heterocycles. The number of fused-ring (bicyclic) bond motifs is 1. The lowest BCUT2D eigenvalue weighted by Crippen LogP contribution is -2.26. The summed E-state index contributed by atoms with van der Waals surface area (Å²) in [5.74, 6) is 0.945. The van der Waals surface area contributed by atoms with Gasteiger partial charge in [0, 0.05) is 17.9 Å². The minimum absolute atomic E-state index is 0.171. The van der Waals surface area contributed by atoms with Crippen molar-refractivity contribution in [1.29, 1.82) is 0 Å². The van der Waals surface area contributed by atoms with E-state index >= 15 is 0 Å². The predicted octanol–water partition coefficient (Wildman–Crippen LogP) is 1.52. The molecule has 2 heterocycles. The quantitative estimate of drug-likeness (QED) is 0.905. The SMILES string of the molecule is Cc1cc(C)n2nc(C(=O)NCCC(C)C)nc2n1. The van der Waals surface area contributed by atoms with Crippen LogP contribution in [0.4, 0.5) is 0 Å². The first-order valence-electron chi connectivity index (χ1n) is 6.46. The molecule has 0 saturated heterocycles. The molecule has 0 bridgehead atoms. The maximum Gasteiger partial charge on any atom is 0.291 e. The summed E-state index contributed by atoms with van der Waals surface area (Å²) < 4.78 is 1.59. The number of hydrogen-bond donors (Lipinski definition) is 1. The van der Waals surface area contributed by atoms with E-state index in [1.165, 1.54) is 0 Å². The van der Waals surface area contributed by atoms with E-state index in [0.717, 1.165) is 17.8 Å². The average Bonchev–Trinajstić information content (AvgIpc) is 2.72. The number of nitrogens with zero attached hydrogens (tertiary/aromatic N) is 4. The highest BCUT2D eigenvalue weighted by Gasteiger charge is 2.14. The molecule has 0 radical (unpaired) electrons. The molecule has 0 spiro atoms. The summed E-state index contributed by atoms with van der Waals surface area (Å²) in [6, 6.07) is 1.90. The molecule has 6 heteroatoms. The molecular formula is C13H19N5O. The minimum atomic E-state index is -0.247. The number of nitrogens with one attached hydrogen (secondary N) is 1. The van der Waals surface area contributed by atoms with Crippen LogP contribution in [-0.4, -0.2) is 32.0 Å². The van der Waals surface area contributed by atoms with Gasteiger partial charge in [0.15, 0.2) is 0 Å². The van der Waals surface area contributed by atoms with Gasteiger partial charge in [0.05, 0.1) is 0 Å². The highest BCUT2D eigenvalue weighted by atomic mass is 16.2. The maximum atomic E-state index is 11.9. The number of hydrogen-bond acceptors (Lipinski definition) is 4. The molecule has 0 aliphatic carbocycles. The fourth-order valence-electron chi connectivity index (χ4n) is 1.82. The first-order valence-corrected chi connectivity index (χ1v) is 6.46. The van der Waals surface area contributed by atoms with Gasteiger partial charge in [-0.2, -0.15) is 4.98 Å². The Morgan fingerprint density at radius 2 is 2.11 bits per heavy atom. The third-order valence-corrected chi connectivity index (χ3v) is 2.83. The molecule has 1 N–H and O–H groups in total. The Morgan fingerprint density at radius 1 is 1.37 bits per heavy atom. The van der Waals surface area contributed by atoms with Crippen LogP contribution < -0.4 is 5.32 Å². The summed E-state index contributed by atoms with van der Waals surface area (Å²) in [6.07, 6.45) is 0.940. The monoisotopic (exact) mass is 261 g/mol. The zero-order chi connectivity index (χ0) is 14.0. The van der Waals surface area contributed by atoms with Crippen molar-refractivity contribution in [3.05, 3.63) is 23.3 Å². The number of aryl methyl sites for hydroxylation is 2.